The Bertz CT molecular complexity index is 857. The van der Waals surface area contributed by atoms with Crippen LogP contribution in [0.25, 0.3) is 0 Å². The first-order valence-electron chi connectivity index (χ1n) is 9.20. The van der Waals surface area contributed by atoms with Crippen molar-refractivity contribution in [2.45, 2.75) is 40.3 Å². The molecule has 0 spiro atoms. The van der Waals surface area contributed by atoms with Crippen LogP contribution in [0.5, 0.6) is 5.75 Å². The van der Waals surface area contributed by atoms with Gasteiger partial charge in [-0.2, -0.15) is 0 Å². The third-order valence-corrected chi connectivity index (χ3v) is 4.09. The predicted octanol–water partition coefficient (Wildman–Crippen LogP) is 1.67. The normalized spacial score (nSPS) is 11.4. The van der Waals surface area contributed by atoms with Gasteiger partial charge in [-0.05, 0) is 45.9 Å². The third-order valence-electron chi connectivity index (χ3n) is 4.09. The molecular formula is C20H25N3O6. The largest absolute Gasteiger partial charge is 0.489 e. The summed E-state index contributed by atoms with van der Waals surface area (Å²) in [6.07, 6.45) is 0. The third kappa shape index (κ3) is 6.34. The summed E-state index contributed by atoms with van der Waals surface area (Å²) in [5, 5.41) is 8.92. The molecule has 2 N–H and O–H groups in total. The molecule has 0 bridgehead atoms. The molecule has 9 nitrogen and oxygen atoms in total. The van der Waals surface area contributed by atoms with Crippen molar-refractivity contribution in [3.05, 3.63) is 46.8 Å². The van der Waals surface area contributed by atoms with E-state index in [-0.39, 0.29) is 18.1 Å². The Morgan fingerprint density at radius 3 is 2.66 bits per heavy atom. The number of aryl methyl sites for hydroxylation is 2. The number of rotatable bonds is 9. The number of nitrogens with one attached hydrogen (secondary N) is 2. The van der Waals surface area contributed by atoms with Gasteiger partial charge >= 0.3 is 5.97 Å². The van der Waals surface area contributed by atoms with E-state index in [2.05, 4.69) is 15.8 Å². The van der Waals surface area contributed by atoms with Gasteiger partial charge in [0.05, 0.1) is 16.8 Å². The van der Waals surface area contributed by atoms with Crippen molar-refractivity contribution in [1.29, 1.82) is 0 Å². The van der Waals surface area contributed by atoms with Gasteiger partial charge in [-0.1, -0.05) is 11.2 Å². The van der Waals surface area contributed by atoms with Crippen LogP contribution in [0.2, 0.25) is 0 Å². The van der Waals surface area contributed by atoms with Crippen molar-refractivity contribution in [2.24, 2.45) is 0 Å². The Balaban J connectivity index is 1.87. The Morgan fingerprint density at radius 1 is 1.24 bits per heavy atom. The summed E-state index contributed by atoms with van der Waals surface area (Å²) >= 11 is 0. The highest BCUT2D eigenvalue weighted by molar-refractivity contribution is 5.92. The molecule has 0 aliphatic heterocycles. The van der Waals surface area contributed by atoms with E-state index in [9.17, 15) is 14.4 Å². The number of amides is 2. The van der Waals surface area contributed by atoms with Gasteiger partial charge in [-0.15, -0.1) is 0 Å². The lowest BCUT2D eigenvalue weighted by Crippen LogP contribution is -2.46. The van der Waals surface area contributed by atoms with Crippen LogP contribution in [0, 0.1) is 13.8 Å². The topological polar surface area (TPSA) is 120 Å². The summed E-state index contributed by atoms with van der Waals surface area (Å²) in [5.41, 5.74) is 1.83. The fourth-order valence-electron chi connectivity index (χ4n) is 2.47. The maximum Gasteiger partial charge on any atom is 0.338 e. The van der Waals surface area contributed by atoms with Crippen molar-refractivity contribution in [1.82, 2.24) is 15.8 Å². The molecule has 9 heteroatoms. The van der Waals surface area contributed by atoms with E-state index in [0.717, 1.165) is 11.3 Å². The molecule has 0 aliphatic carbocycles. The van der Waals surface area contributed by atoms with Gasteiger partial charge in [0, 0.05) is 6.54 Å². The minimum absolute atomic E-state index is 0.242. The lowest BCUT2D eigenvalue weighted by molar-refractivity contribution is -0.130. The number of carbonyl (C=O) groups excluding carboxylic acids is 3. The summed E-state index contributed by atoms with van der Waals surface area (Å²) in [5.74, 6) is -0.411. The number of benzene rings is 1. The molecule has 2 rings (SSSR count). The first kappa shape index (κ1) is 21.9. The fraction of sp³-hybridized carbons (Fsp3) is 0.400. The number of hydrogen-bond donors (Lipinski definition) is 2. The second kappa shape index (κ2) is 10.3. The molecule has 1 aromatic heterocycles. The number of likely N-dealkylation sites (N-methyl/N-ethyl adjacent to an activating group) is 1. The molecule has 0 saturated carbocycles. The maximum absolute atomic E-state index is 12.2. The molecule has 1 atom stereocenters. The molecule has 2 aromatic rings. The lowest BCUT2D eigenvalue weighted by Gasteiger charge is -2.13. The molecular weight excluding hydrogens is 378 g/mol. The molecule has 156 valence electrons. The zero-order chi connectivity index (χ0) is 21.4. The number of hydrogen-bond acceptors (Lipinski definition) is 7. The monoisotopic (exact) mass is 403 g/mol. The number of nitrogens with zero attached hydrogens (tertiary/aromatic N) is 1. The Morgan fingerprint density at radius 2 is 2.00 bits per heavy atom. The zero-order valence-electron chi connectivity index (χ0n) is 16.9. The first-order valence-corrected chi connectivity index (χ1v) is 9.20. The summed E-state index contributed by atoms with van der Waals surface area (Å²) in [6, 6.07) is 5.71. The number of carbonyl (C=O) groups is 3. The van der Waals surface area contributed by atoms with Crippen molar-refractivity contribution in [3.8, 4) is 5.75 Å². The molecule has 29 heavy (non-hydrogen) atoms. The standard InChI is InChI=1S/C20H25N3O6/c1-5-21-19(25)13(3)22-18(24)11-28-20(26)15-7-6-8-16(9-15)27-10-17-12(2)23-29-14(17)4/h6-9,13H,5,10-11H2,1-4H3,(H,21,25)(H,22,24)/t13-/m0/s1. The minimum atomic E-state index is -0.720. The average Bonchev–Trinajstić information content (AvgIpc) is 3.02. The molecule has 1 aromatic carbocycles. The highest BCUT2D eigenvalue weighted by Crippen LogP contribution is 2.19. The molecule has 0 saturated heterocycles. The van der Waals surface area contributed by atoms with Gasteiger partial charge in [0.2, 0.25) is 5.91 Å². The molecule has 0 radical (unpaired) electrons. The van der Waals surface area contributed by atoms with Gasteiger partial charge in [0.25, 0.3) is 5.91 Å². The highest BCUT2D eigenvalue weighted by atomic mass is 16.5. The predicted molar refractivity (Wildman–Crippen MR) is 103 cm³/mol. The highest BCUT2D eigenvalue weighted by Gasteiger charge is 2.17. The summed E-state index contributed by atoms with van der Waals surface area (Å²) in [6.45, 7) is 7.16. The van der Waals surface area contributed by atoms with Crippen LogP contribution in [0.15, 0.2) is 28.8 Å². The van der Waals surface area contributed by atoms with E-state index in [4.69, 9.17) is 14.0 Å². The SMILES string of the molecule is CCNC(=O)[C@H](C)NC(=O)COC(=O)c1cccc(OCc2c(C)noc2C)c1. The molecule has 0 aliphatic rings. The van der Waals surface area contributed by atoms with Crippen LogP contribution >= 0.6 is 0 Å². The molecule has 1 heterocycles. The first-order chi connectivity index (χ1) is 13.8. The van der Waals surface area contributed by atoms with Crippen LogP contribution in [0.1, 0.15) is 41.2 Å². The van der Waals surface area contributed by atoms with Gasteiger partial charge in [-0.3, -0.25) is 9.59 Å². The van der Waals surface area contributed by atoms with E-state index in [0.29, 0.717) is 18.1 Å². The quantitative estimate of drug-likeness (QED) is 0.611. The lowest BCUT2D eigenvalue weighted by atomic mass is 10.2. The Kier molecular flexibility index (Phi) is 7.76. The van der Waals surface area contributed by atoms with Gasteiger partial charge in [0.15, 0.2) is 6.61 Å². The van der Waals surface area contributed by atoms with Gasteiger partial charge in [-0.25, -0.2) is 4.79 Å². The van der Waals surface area contributed by atoms with Crippen LogP contribution in [0.4, 0.5) is 0 Å². The zero-order valence-corrected chi connectivity index (χ0v) is 16.9. The van der Waals surface area contributed by atoms with Crippen molar-refractivity contribution in [3.63, 3.8) is 0 Å². The molecule has 2 amide bonds. The van der Waals surface area contributed by atoms with E-state index >= 15 is 0 Å². The van der Waals surface area contributed by atoms with Crippen molar-refractivity contribution < 1.29 is 28.4 Å². The van der Waals surface area contributed by atoms with Crippen molar-refractivity contribution >= 4 is 17.8 Å². The molecule has 0 unspecified atom stereocenters. The average molecular weight is 403 g/mol. The number of esters is 1. The summed E-state index contributed by atoms with van der Waals surface area (Å²) < 4.78 is 15.8. The summed E-state index contributed by atoms with van der Waals surface area (Å²) in [7, 11) is 0. The van der Waals surface area contributed by atoms with Crippen LogP contribution < -0.4 is 15.4 Å². The van der Waals surface area contributed by atoms with Crippen molar-refractivity contribution in [2.75, 3.05) is 13.2 Å². The fourth-order valence-corrected chi connectivity index (χ4v) is 2.47. The van der Waals surface area contributed by atoms with E-state index in [1.54, 1.807) is 39.0 Å². The number of ether oxygens (including phenoxy) is 2. The second-order valence-electron chi connectivity index (χ2n) is 6.38. The Hall–Kier alpha value is -3.36. The van der Waals surface area contributed by atoms with Gasteiger partial charge < -0.3 is 24.6 Å². The number of aromatic nitrogens is 1. The second-order valence-corrected chi connectivity index (χ2v) is 6.38. The smallest absolute Gasteiger partial charge is 0.338 e. The molecule has 0 fully saturated rings. The minimum Gasteiger partial charge on any atom is -0.489 e. The maximum atomic E-state index is 12.2. The van der Waals surface area contributed by atoms with E-state index in [1.165, 1.54) is 6.07 Å². The van der Waals surface area contributed by atoms with E-state index in [1.807, 2.05) is 6.92 Å². The van der Waals surface area contributed by atoms with Gasteiger partial charge in [0.1, 0.15) is 24.2 Å². The van der Waals surface area contributed by atoms with E-state index < -0.39 is 24.5 Å². The van der Waals surface area contributed by atoms with Crippen LogP contribution in [0.3, 0.4) is 0 Å². The summed E-state index contributed by atoms with van der Waals surface area (Å²) in [4.78, 5) is 35.7. The van der Waals surface area contributed by atoms with Crippen LogP contribution in [-0.4, -0.2) is 42.1 Å². The van der Waals surface area contributed by atoms with Crippen LogP contribution in [-0.2, 0) is 20.9 Å². The Labute approximate surface area is 168 Å².